The molecular formula is C14H27NO5. The van der Waals surface area contributed by atoms with Crippen molar-refractivity contribution in [3.63, 3.8) is 0 Å². The number of hydrogen-bond donors (Lipinski definition) is 4. The molecule has 0 aromatic heterocycles. The molecule has 0 aromatic rings. The topological polar surface area (TPSA) is 91.2 Å². The van der Waals surface area contributed by atoms with Gasteiger partial charge in [-0.05, 0) is 13.3 Å². The van der Waals surface area contributed by atoms with E-state index in [1.54, 1.807) is 0 Å². The number of aliphatic hydroxyl groups is 3. The van der Waals surface area contributed by atoms with Crippen LogP contribution in [0.5, 0.6) is 0 Å². The van der Waals surface area contributed by atoms with Crippen LogP contribution >= 0.6 is 0 Å². The second-order valence-corrected chi connectivity index (χ2v) is 5.33. The highest BCUT2D eigenvalue weighted by molar-refractivity contribution is 4.93. The van der Waals surface area contributed by atoms with Gasteiger partial charge in [-0.3, -0.25) is 0 Å². The van der Waals surface area contributed by atoms with Crippen molar-refractivity contribution in [3.8, 4) is 0 Å². The van der Waals surface area contributed by atoms with Gasteiger partial charge in [0.2, 0.25) is 0 Å². The summed E-state index contributed by atoms with van der Waals surface area (Å²) in [5, 5.41) is 32.7. The lowest BCUT2D eigenvalue weighted by Crippen LogP contribution is -2.60. The van der Waals surface area contributed by atoms with Crippen molar-refractivity contribution < 1.29 is 24.8 Å². The van der Waals surface area contributed by atoms with Crippen molar-refractivity contribution in [3.05, 3.63) is 12.2 Å². The highest BCUT2D eigenvalue weighted by Crippen LogP contribution is 2.22. The maximum Gasteiger partial charge on any atom is 0.186 e. The maximum absolute atomic E-state index is 9.91. The molecule has 20 heavy (non-hydrogen) atoms. The van der Waals surface area contributed by atoms with Gasteiger partial charge in [0.1, 0.15) is 24.4 Å². The third-order valence-corrected chi connectivity index (χ3v) is 3.22. The molecule has 1 fully saturated rings. The first-order chi connectivity index (χ1) is 9.47. The van der Waals surface area contributed by atoms with Crippen LogP contribution in [0.2, 0.25) is 0 Å². The van der Waals surface area contributed by atoms with Gasteiger partial charge in [0.05, 0.1) is 0 Å². The second kappa shape index (κ2) is 8.71. The van der Waals surface area contributed by atoms with Crippen LogP contribution in [-0.4, -0.2) is 65.7 Å². The van der Waals surface area contributed by atoms with E-state index in [1.165, 1.54) is 0 Å². The van der Waals surface area contributed by atoms with Crippen molar-refractivity contribution in [2.24, 2.45) is 0 Å². The Morgan fingerprint density at radius 2 is 1.95 bits per heavy atom. The number of unbranched alkanes of at least 4 members (excludes halogenated alkanes) is 1. The molecular weight excluding hydrogens is 262 g/mol. The average molecular weight is 289 g/mol. The van der Waals surface area contributed by atoms with E-state index in [9.17, 15) is 15.3 Å². The van der Waals surface area contributed by atoms with E-state index in [2.05, 4.69) is 11.9 Å². The van der Waals surface area contributed by atoms with E-state index in [4.69, 9.17) is 9.47 Å². The number of nitrogens with one attached hydrogen (secondary N) is 1. The molecule has 1 aliphatic heterocycles. The first kappa shape index (κ1) is 17.6. The van der Waals surface area contributed by atoms with Crippen LogP contribution in [0.25, 0.3) is 0 Å². The maximum atomic E-state index is 9.91. The van der Waals surface area contributed by atoms with Crippen LogP contribution in [0.3, 0.4) is 0 Å². The Bertz CT molecular complexity index is 299. The van der Waals surface area contributed by atoms with Crippen LogP contribution in [0.15, 0.2) is 12.2 Å². The standard InChI is InChI=1S/C14H27NO5/c1-4-5-6-19-14-13(18)12(17)11(16)10(20-14)8-15-7-9(2)3/h10-18H,2,4-8H2,1,3H3/t10-,11-,12+,13-,14+/m1/s1. The van der Waals surface area contributed by atoms with E-state index in [0.717, 1.165) is 18.4 Å². The summed E-state index contributed by atoms with van der Waals surface area (Å²) in [6.07, 6.45) is -3.36. The molecule has 1 heterocycles. The fourth-order valence-electron chi connectivity index (χ4n) is 1.99. The van der Waals surface area contributed by atoms with Crippen molar-refractivity contribution in [1.82, 2.24) is 5.32 Å². The Kier molecular flexibility index (Phi) is 7.65. The van der Waals surface area contributed by atoms with Gasteiger partial charge in [0.15, 0.2) is 6.29 Å². The van der Waals surface area contributed by atoms with Crippen molar-refractivity contribution >= 4 is 0 Å². The van der Waals surface area contributed by atoms with Gasteiger partial charge in [0, 0.05) is 19.7 Å². The lowest BCUT2D eigenvalue weighted by molar-refractivity contribution is -0.295. The van der Waals surface area contributed by atoms with Gasteiger partial charge in [-0.2, -0.15) is 0 Å². The van der Waals surface area contributed by atoms with E-state index < -0.39 is 30.7 Å². The monoisotopic (exact) mass is 289 g/mol. The van der Waals surface area contributed by atoms with Gasteiger partial charge in [-0.15, -0.1) is 0 Å². The molecule has 0 aliphatic carbocycles. The van der Waals surface area contributed by atoms with Crippen molar-refractivity contribution in [1.29, 1.82) is 0 Å². The number of rotatable bonds is 8. The molecule has 0 aromatic carbocycles. The molecule has 4 N–H and O–H groups in total. The Morgan fingerprint density at radius 3 is 2.55 bits per heavy atom. The zero-order valence-corrected chi connectivity index (χ0v) is 12.3. The average Bonchev–Trinajstić information content (AvgIpc) is 2.40. The summed E-state index contributed by atoms with van der Waals surface area (Å²) < 4.78 is 11.0. The number of ether oxygens (including phenoxy) is 2. The molecule has 1 saturated heterocycles. The number of hydrogen-bond acceptors (Lipinski definition) is 6. The van der Waals surface area contributed by atoms with E-state index in [0.29, 0.717) is 19.7 Å². The highest BCUT2D eigenvalue weighted by atomic mass is 16.7. The summed E-state index contributed by atoms with van der Waals surface area (Å²) >= 11 is 0. The highest BCUT2D eigenvalue weighted by Gasteiger charge is 2.43. The second-order valence-electron chi connectivity index (χ2n) is 5.33. The molecule has 6 heteroatoms. The van der Waals surface area contributed by atoms with Gasteiger partial charge < -0.3 is 30.1 Å². The zero-order valence-electron chi connectivity index (χ0n) is 12.3. The lowest BCUT2D eigenvalue weighted by atomic mass is 9.99. The van der Waals surface area contributed by atoms with Crippen molar-refractivity contribution in [2.45, 2.75) is 57.4 Å². The molecule has 0 unspecified atom stereocenters. The van der Waals surface area contributed by atoms with Crippen LogP contribution in [0, 0.1) is 0 Å². The Hall–Kier alpha value is -0.500. The molecule has 6 nitrogen and oxygen atoms in total. The summed E-state index contributed by atoms with van der Waals surface area (Å²) in [6.45, 7) is 9.10. The first-order valence-electron chi connectivity index (χ1n) is 7.13. The molecule has 0 amide bonds. The fraction of sp³-hybridized carbons (Fsp3) is 0.857. The van der Waals surface area contributed by atoms with Gasteiger partial charge in [-0.25, -0.2) is 0 Å². The minimum atomic E-state index is -1.27. The van der Waals surface area contributed by atoms with E-state index >= 15 is 0 Å². The summed E-state index contributed by atoms with van der Waals surface area (Å²) in [4.78, 5) is 0. The smallest absolute Gasteiger partial charge is 0.186 e. The molecule has 0 spiro atoms. The lowest BCUT2D eigenvalue weighted by Gasteiger charge is -2.40. The molecule has 118 valence electrons. The summed E-state index contributed by atoms with van der Waals surface area (Å²) in [5.74, 6) is 0. The molecule has 1 aliphatic rings. The molecule has 5 atom stereocenters. The predicted octanol–water partition coefficient (Wildman–Crippen LogP) is -0.224. The normalized spacial score (nSPS) is 34.1. The van der Waals surface area contributed by atoms with Crippen LogP contribution < -0.4 is 5.32 Å². The summed E-state index contributed by atoms with van der Waals surface area (Å²) in [5.41, 5.74) is 0.964. The van der Waals surface area contributed by atoms with Gasteiger partial charge in [-0.1, -0.05) is 25.5 Å². The predicted molar refractivity (Wildman–Crippen MR) is 75.2 cm³/mol. The third-order valence-electron chi connectivity index (χ3n) is 3.22. The van der Waals surface area contributed by atoms with Crippen LogP contribution in [-0.2, 0) is 9.47 Å². The number of aliphatic hydroxyl groups excluding tert-OH is 3. The Labute approximate surface area is 120 Å². The summed E-state index contributed by atoms with van der Waals surface area (Å²) in [6, 6.07) is 0. The SMILES string of the molecule is C=C(C)CNC[C@H]1O[C@H](OCCCC)[C@H](O)[C@@H](O)[C@@H]1O. The van der Waals surface area contributed by atoms with Crippen LogP contribution in [0.1, 0.15) is 26.7 Å². The van der Waals surface area contributed by atoms with Gasteiger partial charge >= 0.3 is 0 Å². The largest absolute Gasteiger partial charge is 0.388 e. The minimum absolute atomic E-state index is 0.353. The molecule has 1 rings (SSSR count). The fourth-order valence-corrected chi connectivity index (χ4v) is 1.99. The first-order valence-corrected chi connectivity index (χ1v) is 7.13. The molecule has 0 bridgehead atoms. The molecule has 0 radical (unpaired) electrons. The summed E-state index contributed by atoms with van der Waals surface area (Å²) in [7, 11) is 0. The Balaban J connectivity index is 2.49. The van der Waals surface area contributed by atoms with Gasteiger partial charge in [0.25, 0.3) is 0 Å². The Morgan fingerprint density at radius 1 is 1.25 bits per heavy atom. The minimum Gasteiger partial charge on any atom is -0.388 e. The van der Waals surface area contributed by atoms with Crippen LogP contribution in [0.4, 0.5) is 0 Å². The zero-order chi connectivity index (χ0) is 15.1. The van der Waals surface area contributed by atoms with Crippen molar-refractivity contribution in [2.75, 3.05) is 19.7 Å². The quantitative estimate of drug-likeness (QED) is 0.365. The van der Waals surface area contributed by atoms with E-state index in [1.807, 2.05) is 13.8 Å². The molecule has 0 saturated carbocycles. The third kappa shape index (κ3) is 5.12. The van der Waals surface area contributed by atoms with E-state index in [-0.39, 0.29) is 0 Å².